The van der Waals surface area contributed by atoms with Crippen molar-refractivity contribution in [1.29, 1.82) is 0 Å². The topological polar surface area (TPSA) is 36.0 Å². The number of likely N-dealkylation sites (tertiary alicyclic amines) is 1. The van der Waals surface area contributed by atoms with E-state index in [2.05, 4.69) is 28.9 Å². The largest absolute Gasteiger partial charge is 0.497 e. The first-order valence-electron chi connectivity index (χ1n) is 10.6. The summed E-state index contributed by atoms with van der Waals surface area (Å²) < 4.78 is 5.21. The quantitative estimate of drug-likeness (QED) is 0.584. The van der Waals surface area contributed by atoms with E-state index in [4.69, 9.17) is 4.74 Å². The molecule has 1 fully saturated rings. The Morgan fingerprint density at radius 2 is 1.86 bits per heavy atom. The highest BCUT2D eigenvalue weighted by Crippen LogP contribution is 2.19. The van der Waals surface area contributed by atoms with Gasteiger partial charge in [0.05, 0.1) is 13.7 Å². The van der Waals surface area contributed by atoms with Crippen LogP contribution >= 0.6 is 0 Å². The van der Waals surface area contributed by atoms with Crippen LogP contribution in [0.15, 0.2) is 48.2 Å². The molecule has 0 N–H and O–H groups in total. The third kappa shape index (κ3) is 6.93. The molecule has 1 heterocycles. The number of nitrogens with zero attached hydrogens (tertiary/aromatic N) is 3. The summed E-state index contributed by atoms with van der Waals surface area (Å²) in [5.41, 5.74) is 1.96. The van der Waals surface area contributed by atoms with Crippen molar-refractivity contribution in [3.63, 3.8) is 0 Å². The second-order valence-corrected chi connectivity index (χ2v) is 7.81. The average molecular weight is 400 g/mol. The SMILES string of the molecule is C/C=C\C(=C/C)N(CCN1CCC(C)CC1)CC(=O)N(C)c1ccc(OC)cc1. The molecule has 5 heteroatoms. The molecular formula is C24H37N3O2. The number of methoxy groups -OCH3 is 1. The molecule has 2 rings (SSSR count). The van der Waals surface area contributed by atoms with Gasteiger partial charge in [-0.05, 0) is 76.0 Å². The van der Waals surface area contributed by atoms with E-state index in [1.54, 1.807) is 12.0 Å². The van der Waals surface area contributed by atoms with E-state index in [1.165, 1.54) is 12.8 Å². The summed E-state index contributed by atoms with van der Waals surface area (Å²) in [5.74, 6) is 1.69. The minimum Gasteiger partial charge on any atom is -0.497 e. The van der Waals surface area contributed by atoms with E-state index in [0.717, 1.165) is 49.2 Å². The van der Waals surface area contributed by atoms with Gasteiger partial charge in [-0.2, -0.15) is 0 Å². The second-order valence-electron chi connectivity index (χ2n) is 7.81. The van der Waals surface area contributed by atoms with Gasteiger partial charge in [0.2, 0.25) is 5.91 Å². The maximum absolute atomic E-state index is 13.0. The average Bonchev–Trinajstić information content (AvgIpc) is 2.75. The molecule has 0 unspecified atom stereocenters. The first-order valence-corrected chi connectivity index (χ1v) is 10.6. The number of ether oxygens (including phenoxy) is 1. The van der Waals surface area contributed by atoms with Crippen LogP contribution in [-0.4, -0.2) is 62.6 Å². The molecule has 0 atom stereocenters. The van der Waals surface area contributed by atoms with Crippen LogP contribution in [0.1, 0.15) is 33.6 Å². The molecule has 0 radical (unpaired) electrons. The Hall–Kier alpha value is -2.27. The highest BCUT2D eigenvalue weighted by molar-refractivity contribution is 5.94. The van der Waals surface area contributed by atoms with E-state index in [9.17, 15) is 4.79 Å². The Balaban J connectivity index is 2.03. The first-order chi connectivity index (χ1) is 14.0. The Bertz CT molecular complexity index is 689. The lowest BCUT2D eigenvalue weighted by Crippen LogP contribution is -2.43. The van der Waals surface area contributed by atoms with Crippen LogP contribution in [0.2, 0.25) is 0 Å². The summed E-state index contributed by atoms with van der Waals surface area (Å²) >= 11 is 0. The van der Waals surface area contributed by atoms with Crippen molar-refractivity contribution in [3.8, 4) is 5.75 Å². The molecular weight excluding hydrogens is 362 g/mol. The van der Waals surface area contributed by atoms with Gasteiger partial charge < -0.3 is 19.4 Å². The van der Waals surface area contributed by atoms with Gasteiger partial charge in [0, 0.05) is 31.5 Å². The van der Waals surface area contributed by atoms with Crippen LogP contribution in [-0.2, 0) is 4.79 Å². The van der Waals surface area contributed by atoms with Gasteiger partial charge in [0.25, 0.3) is 0 Å². The van der Waals surface area contributed by atoms with E-state index in [1.807, 2.05) is 51.2 Å². The molecule has 0 aromatic heterocycles. The summed E-state index contributed by atoms with van der Waals surface area (Å²) in [7, 11) is 3.48. The molecule has 5 nitrogen and oxygen atoms in total. The highest BCUT2D eigenvalue weighted by Gasteiger charge is 2.20. The Morgan fingerprint density at radius 3 is 2.41 bits per heavy atom. The summed E-state index contributed by atoms with van der Waals surface area (Å²) in [6, 6.07) is 7.59. The fourth-order valence-electron chi connectivity index (χ4n) is 3.62. The summed E-state index contributed by atoms with van der Waals surface area (Å²) in [5, 5.41) is 0. The van der Waals surface area contributed by atoms with Crippen molar-refractivity contribution < 1.29 is 9.53 Å². The monoisotopic (exact) mass is 399 g/mol. The van der Waals surface area contributed by atoms with Crippen molar-refractivity contribution in [3.05, 3.63) is 48.2 Å². The number of allylic oxidation sites excluding steroid dienone is 3. The normalized spacial score (nSPS) is 16.2. The van der Waals surface area contributed by atoms with Gasteiger partial charge >= 0.3 is 0 Å². The molecule has 1 aliphatic heterocycles. The fourth-order valence-corrected chi connectivity index (χ4v) is 3.62. The molecule has 0 spiro atoms. The number of anilines is 1. The van der Waals surface area contributed by atoms with Gasteiger partial charge in [-0.15, -0.1) is 0 Å². The number of benzene rings is 1. The smallest absolute Gasteiger partial charge is 0.246 e. The molecule has 0 aliphatic carbocycles. The first kappa shape index (κ1) is 23.0. The zero-order valence-corrected chi connectivity index (χ0v) is 18.7. The number of amides is 1. The van der Waals surface area contributed by atoms with Crippen LogP contribution in [0, 0.1) is 5.92 Å². The lowest BCUT2D eigenvalue weighted by atomic mass is 9.99. The highest BCUT2D eigenvalue weighted by atomic mass is 16.5. The predicted molar refractivity (Wildman–Crippen MR) is 121 cm³/mol. The molecule has 1 aliphatic rings. The van der Waals surface area contributed by atoms with Crippen LogP contribution in [0.5, 0.6) is 5.75 Å². The van der Waals surface area contributed by atoms with Gasteiger partial charge in [0.15, 0.2) is 0 Å². The predicted octanol–water partition coefficient (Wildman–Crippen LogP) is 4.17. The van der Waals surface area contributed by atoms with Gasteiger partial charge in [-0.1, -0.05) is 19.1 Å². The molecule has 1 aromatic rings. The number of likely N-dealkylation sites (N-methyl/N-ethyl adjacent to an activating group) is 1. The molecule has 29 heavy (non-hydrogen) atoms. The molecule has 0 saturated carbocycles. The van der Waals surface area contributed by atoms with Crippen LogP contribution < -0.4 is 9.64 Å². The van der Waals surface area contributed by atoms with Crippen molar-refractivity contribution in [2.24, 2.45) is 5.92 Å². The van der Waals surface area contributed by atoms with E-state index >= 15 is 0 Å². The van der Waals surface area contributed by atoms with E-state index < -0.39 is 0 Å². The van der Waals surface area contributed by atoms with Crippen molar-refractivity contribution in [2.45, 2.75) is 33.6 Å². The standard InChI is InChI=1S/C24H37N3O2/c1-6-8-21(7-2)27(18-17-26-15-13-20(3)14-16-26)19-24(28)25(4)22-9-11-23(29-5)12-10-22/h6-12,20H,13-19H2,1-5H3/b8-6-,21-7+. The maximum Gasteiger partial charge on any atom is 0.246 e. The Labute approximate surface area is 176 Å². The summed E-state index contributed by atoms with van der Waals surface area (Å²) in [6.45, 7) is 10.9. The van der Waals surface area contributed by atoms with Crippen molar-refractivity contribution in [1.82, 2.24) is 9.80 Å². The fraction of sp³-hybridized carbons (Fsp3) is 0.542. The second kappa shape index (κ2) is 11.7. The number of carbonyl (C=O) groups excluding carboxylic acids is 1. The van der Waals surface area contributed by atoms with E-state index in [-0.39, 0.29) is 5.91 Å². The lowest BCUT2D eigenvalue weighted by Gasteiger charge is -2.34. The van der Waals surface area contributed by atoms with Gasteiger partial charge in [0.1, 0.15) is 5.75 Å². The van der Waals surface area contributed by atoms with Gasteiger partial charge in [-0.25, -0.2) is 0 Å². The number of hydrogen-bond acceptors (Lipinski definition) is 4. The molecule has 1 amide bonds. The molecule has 1 saturated heterocycles. The lowest BCUT2D eigenvalue weighted by molar-refractivity contribution is -0.119. The zero-order valence-electron chi connectivity index (χ0n) is 18.7. The molecule has 0 bridgehead atoms. The maximum atomic E-state index is 13.0. The van der Waals surface area contributed by atoms with Crippen LogP contribution in [0.4, 0.5) is 5.69 Å². The van der Waals surface area contributed by atoms with Crippen molar-refractivity contribution >= 4 is 11.6 Å². The Morgan fingerprint density at radius 1 is 1.21 bits per heavy atom. The summed E-state index contributed by atoms with van der Waals surface area (Å²) in [6.07, 6.45) is 8.73. The van der Waals surface area contributed by atoms with Crippen molar-refractivity contribution in [2.75, 3.05) is 51.8 Å². The van der Waals surface area contributed by atoms with Gasteiger partial charge in [-0.3, -0.25) is 4.79 Å². The van der Waals surface area contributed by atoms with Crippen LogP contribution in [0.25, 0.3) is 0 Å². The number of hydrogen-bond donors (Lipinski definition) is 0. The third-order valence-corrected chi connectivity index (χ3v) is 5.72. The van der Waals surface area contributed by atoms with Crippen LogP contribution in [0.3, 0.4) is 0 Å². The minimum atomic E-state index is 0.0753. The third-order valence-electron chi connectivity index (χ3n) is 5.72. The molecule has 160 valence electrons. The molecule has 1 aromatic carbocycles. The van der Waals surface area contributed by atoms with E-state index in [0.29, 0.717) is 6.54 Å². The number of piperidine rings is 1. The number of carbonyl (C=O) groups is 1. The Kier molecular flexibility index (Phi) is 9.26. The minimum absolute atomic E-state index is 0.0753. The summed E-state index contributed by atoms with van der Waals surface area (Å²) in [4.78, 5) is 19.5. The number of rotatable bonds is 9. The zero-order chi connectivity index (χ0) is 21.2.